The number of anilines is 2. The van der Waals surface area contributed by atoms with Crippen LogP contribution in [-0.2, 0) is 0 Å². The minimum atomic E-state index is -1.09. The molecule has 0 atom stereocenters. The summed E-state index contributed by atoms with van der Waals surface area (Å²) in [6.07, 6.45) is 5.65. The van der Waals surface area contributed by atoms with Crippen LogP contribution in [0, 0.1) is 6.33 Å². The minimum absolute atomic E-state index is 0.0133. The van der Waals surface area contributed by atoms with Gasteiger partial charge in [0.2, 0.25) is 6.33 Å². The highest BCUT2D eigenvalue weighted by atomic mass is 16.4. The lowest BCUT2D eigenvalue weighted by Crippen LogP contribution is -2.32. The fourth-order valence-electron chi connectivity index (χ4n) is 1.89. The van der Waals surface area contributed by atoms with Gasteiger partial charge in [-0.1, -0.05) is 0 Å². The molecule has 1 radical (unpaired) electrons. The normalized spacial score (nSPS) is 16.1. The van der Waals surface area contributed by atoms with E-state index in [2.05, 4.69) is 16.3 Å². The fraction of sp³-hybridized carbons (Fsp3) is 0.500. The Labute approximate surface area is 93.1 Å². The predicted molar refractivity (Wildman–Crippen MR) is 58.3 cm³/mol. The summed E-state index contributed by atoms with van der Waals surface area (Å²) in [4.78, 5) is 20.5. The van der Waals surface area contributed by atoms with Gasteiger partial charge >= 0.3 is 5.97 Å². The smallest absolute Gasteiger partial charge is 0.343 e. The average Bonchev–Trinajstić information content (AvgIpc) is 2.29. The lowest BCUT2D eigenvalue weighted by molar-refractivity contribution is 0.0698. The van der Waals surface area contributed by atoms with Gasteiger partial charge in [0.1, 0.15) is 17.2 Å². The summed E-state index contributed by atoms with van der Waals surface area (Å²) in [5.74, 6) is -0.727. The Morgan fingerprint density at radius 2 is 2.00 bits per heavy atom. The maximum absolute atomic E-state index is 11.1. The van der Waals surface area contributed by atoms with Crippen molar-refractivity contribution in [3.63, 3.8) is 0 Å². The van der Waals surface area contributed by atoms with Crippen molar-refractivity contribution in [3.8, 4) is 0 Å². The molecule has 1 aliphatic heterocycles. The second-order valence-corrected chi connectivity index (χ2v) is 3.76. The summed E-state index contributed by atoms with van der Waals surface area (Å²) in [5.41, 5.74) is 5.53. The quantitative estimate of drug-likeness (QED) is 0.757. The van der Waals surface area contributed by atoms with Crippen LogP contribution in [0.3, 0.4) is 0 Å². The van der Waals surface area contributed by atoms with E-state index in [1.165, 1.54) is 6.42 Å². The molecule has 6 nitrogen and oxygen atoms in total. The van der Waals surface area contributed by atoms with Crippen LogP contribution in [0.1, 0.15) is 29.6 Å². The van der Waals surface area contributed by atoms with Crippen LogP contribution in [-0.4, -0.2) is 34.1 Å². The first kappa shape index (κ1) is 10.7. The Kier molecular flexibility index (Phi) is 2.89. The number of piperidine rings is 1. The molecule has 1 aromatic rings. The number of rotatable bonds is 2. The van der Waals surface area contributed by atoms with Crippen LogP contribution >= 0.6 is 0 Å². The standard InChI is InChI=1S/C10H13N4O2/c11-8-7(10(15)16)9(13-6-12-8)14-4-2-1-3-5-14/h1-5H2,(H,15,16)(H2,11,12,13). The highest BCUT2D eigenvalue weighted by Crippen LogP contribution is 2.24. The van der Waals surface area contributed by atoms with Crippen LogP contribution in [0.4, 0.5) is 11.6 Å². The molecule has 6 heteroatoms. The highest BCUT2D eigenvalue weighted by molar-refractivity contribution is 5.97. The largest absolute Gasteiger partial charge is 0.477 e. The molecule has 1 saturated heterocycles. The number of hydrogen-bond acceptors (Lipinski definition) is 5. The minimum Gasteiger partial charge on any atom is -0.477 e. The molecule has 1 aromatic heterocycles. The summed E-state index contributed by atoms with van der Waals surface area (Å²) in [7, 11) is 0. The number of carboxylic acid groups (broad SMARTS) is 1. The van der Waals surface area contributed by atoms with Gasteiger partial charge in [-0.15, -0.1) is 0 Å². The fourth-order valence-corrected chi connectivity index (χ4v) is 1.89. The van der Waals surface area contributed by atoms with Crippen LogP contribution < -0.4 is 10.6 Å². The summed E-state index contributed by atoms with van der Waals surface area (Å²) in [6, 6.07) is 0. The summed E-state index contributed by atoms with van der Waals surface area (Å²) >= 11 is 0. The van der Waals surface area contributed by atoms with Gasteiger partial charge in [-0.3, -0.25) is 0 Å². The van der Waals surface area contributed by atoms with Gasteiger partial charge in [0.15, 0.2) is 0 Å². The maximum atomic E-state index is 11.1. The second kappa shape index (κ2) is 4.34. The van der Waals surface area contributed by atoms with Gasteiger partial charge < -0.3 is 15.7 Å². The van der Waals surface area contributed by atoms with Crippen molar-refractivity contribution in [2.75, 3.05) is 23.7 Å². The first-order valence-electron chi connectivity index (χ1n) is 5.22. The molecular formula is C10H13N4O2. The topological polar surface area (TPSA) is 92.3 Å². The number of hydrogen-bond donors (Lipinski definition) is 2. The van der Waals surface area contributed by atoms with Crippen molar-refractivity contribution in [2.45, 2.75) is 19.3 Å². The summed E-state index contributed by atoms with van der Waals surface area (Å²) in [6.45, 7) is 1.62. The molecule has 2 rings (SSSR count). The van der Waals surface area contributed by atoms with E-state index >= 15 is 0 Å². The zero-order valence-corrected chi connectivity index (χ0v) is 8.81. The first-order chi connectivity index (χ1) is 7.70. The molecule has 0 unspecified atom stereocenters. The van der Waals surface area contributed by atoms with E-state index in [0.29, 0.717) is 5.82 Å². The SMILES string of the molecule is Nc1n[c]nc(N2CCCCC2)c1C(=O)O. The third kappa shape index (κ3) is 1.91. The Morgan fingerprint density at radius 1 is 1.31 bits per heavy atom. The van der Waals surface area contributed by atoms with E-state index in [-0.39, 0.29) is 11.4 Å². The van der Waals surface area contributed by atoms with E-state index in [4.69, 9.17) is 10.8 Å². The Hall–Kier alpha value is -1.85. The van der Waals surface area contributed by atoms with E-state index in [1.807, 2.05) is 4.90 Å². The molecule has 2 heterocycles. The molecule has 0 bridgehead atoms. The van der Waals surface area contributed by atoms with Crippen LogP contribution in [0.5, 0.6) is 0 Å². The molecular weight excluding hydrogens is 208 g/mol. The number of nitrogen functional groups attached to an aromatic ring is 1. The zero-order valence-electron chi connectivity index (χ0n) is 8.81. The van der Waals surface area contributed by atoms with E-state index < -0.39 is 5.97 Å². The number of aromatic nitrogens is 2. The van der Waals surface area contributed by atoms with Crippen molar-refractivity contribution >= 4 is 17.6 Å². The van der Waals surface area contributed by atoms with E-state index in [9.17, 15) is 4.79 Å². The number of carbonyl (C=O) groups is 1. The first-order valence-corrected chi connectivity index (χ1v) is 5.22. The predicted octanol–water partition coefficient (Wildman–Crippen LogP) is 0.547. The Morgan fingerprint density at radius 3 is 2.62 bits per heavy atom. The molecule has 0 spiro atoms. The summed E-state index contributed by atoms with van der Waals surface area (Å²) < 4.78 is 0. The van der Waals surface area contributed by atoms with E-state index in [0.717, 1.165) is 25.9 Å². The molecule has 3 N–H and O–H groups in total. The van der Waals surface area contributed by atoms with Gasteiger partial charge in [-0.2, -0.15) is 0 Å². The Balaban J connectivity index is 2.38. The third-order valence-electron chi connectivity index (χ3n) is 2.68. The van der Waals surface area contributed by atoms with Crippen molar-refractivity contribution in [2.24, 2.45) is 0 Å². The van der Waals surface area contributed by atoms with Crippen molar-refractivity contribution in [1.82, 2.24) is 9.97 Å². The second-order valence-electron chi connectivity index (χ2n) is 3.76. The molecule has 0 aromatic carbocycles. The molecule has 1 aliphatic rings. The molecule has 0 aliphatic carbocycles. The molecule has 1 fully saturated rings. The zero-order chi connectivity index (χ0) is 11.5. The van der Waals surface area contributed by atoms with Crippen LogP contribution in [0.15, 0.2) is 0 Å². The van der Waals surface area contributed by atoms with Crippen LogP contribution in [0.2, 0.25) is 0 Å². The lowest BCUT2D eigenvalue weighted by atomic mass is 10.1. The maximum Gasteiger partial charge on any atom is 0.343 e. The van der Waals surface area contributed by atoms with Gasteiger partial charge in [0.05, 0.1) is 0 Å². The lowest BCUT2D eigenvalue weighted by Gasteiger charge is -2.28. The number of aromatic carboxylic acids is 1. The Bertz CT molecular complexity index is 402. The van der Waals surface area contributed by atoms with Gasteiger partial charge in [-0.05, 0) is 19.3 Å². The molecule has 85 valence electrons. The number of nitrogens with two attached hydrogens (primary N) is 1. The average molecular weight is 221 g/mol. The van der Waals surface area contributed by atoms with Crippen molar-refractivity contribution < 1.29 is 9.90 Å². The van der Waals surface area contributed by atoms with Gasteiger partial charge in [-0.25, -0.2) is 14.8 Å². The number of nitrogens with zero attached hydrogens (tertiary/aromatic N) is 3. The molecule has 0 amide bonds. The molecule has 0 saturated carbocycles. The van der Waals surface area contributed by atoms with Crippen LogP contribution in [0.25, 0.3) is 0 Å². The van der Waals surface area contributed by atoms with Crippen molar-refractivity contribution in [3.05, 3.63) is 11.9 Å². The highest BCUT2D eigenvalue weighted by Gasteiger charge is 2.22. The number of carboxylic acids is 1. The van der Waals surface area contributed by atoms with Gasteiger partial charge in [0.25, 0.3) is 0 Å². The monoisotopic (exact) mass is 221 g/mol. The van der Waals surface area contributed by atoms with Gasteiger partial charge in [0, 0.05) is 13.1 Å². The summed E-state index contributed by atoms with van der Waals surface area (Å²) in [5, 5.41) is 9.08. The van der Waals surface area contributed by atoms with E-state index in [1.54, 1.807) is 0 Å². The molecule has 16 heavy (non-hydrogen) atoms. The van der Waals surface area contributed by atoms with Crippen molar-refractivity contribution in [1.29, 1.82) is 0 Å². The third-order valence-corrected chi connectivity index (χ3v) is 2.68.